The number of hydrogen-bond acceptors (Lipinski definition) is 7. The number of para-hydroxylation sites is 2. The van der Waals surface area contributed by atoms with Gasteiger partial charge in [-0.25, -0.2) is 9.79 Å². The van der Waals surface area contributed by atoms with Gasteiger partial charge in [0.2, 0.25) is 0 Å². The van der Waals surface area contributed by atoms with Crippen LogP contribution < -0.4 is 4.74 Å². The quantitative estimate of drug-likeness (QED) is 0.717. The van der Waals surface area contributed by atoms with Crippen LogP contribution in [0.4, 0.5) is 5.69 Å². The van der Waals surface area contributed by atoms with E-state index in [0.717, 1.165) is 11.8 Å². The zero-order valence-electron chi connectivity index (χ0n) is 15.4. The summed E-state index contributed by atoms with van der Waals surface area (Å²) < 4.78 is 10.4. The third kappa shape index (κ3) is 4.20. The topological polar surface area (TPSA) is 88.4 Å². The summed E-state index contributed by atoms with van der Waals surface area (Å²) >= 11 is 1.14. The van der Waals surface area contributed by atoms with Gasteiger partial charge in [0, 0.05) is 0 Å². The van der Waals surface area contributed by atoms with Gasteiger partial charge in [0.05, 0.1) is 18.6 Å². The summed E-state index contributed by atoms with van der Waals surface area (Å²) in [6.07, 6.45) is 1.67. The van der Waals surface area contributed by atoms with Gasteiger partial charge in [-0.3, -0.25) is 0 Å². The SMILES string of the molecule is CCOC(=O)C1=C(O)/C(=C\c2cccc(O)c2)SC1=Nc1ccccc1OC. The van der Waals surface area contributed by atoms with E-state index in [2.05, 4.69) is 4.99 Å². The Morgan fingerprint density at radius 1 is 1.18 bits per heavy atom. The van der Waals surface area contributed by atoms with Gasteiger partial charge in [0.15, 0.2) is 0 Å². The maximum Gasteiger partial charge on any atom is 0.344 e. The molecule has 1 aliphatic heterocycles. The molecule has 0 saturated heterocycles. The molecule has 2 aromatic carbocycles. The molecule has 0 radical (unpaired) electrons. The smallest absolute Gasteiger partial charge is 0.344 e. The number of methoxy groups -OCH3 is 1. The van der Waals surface area contributed by atoms with E-state index in [4.69, 9.17) is 9.47 Å². The van der Waals surface area contributed by atoms with Crippen LogP contribution in [0, 0.1) is 0 Å². The fourth-order valence-corrected chi connectivity index (χ4v) is 3.62. The number of benzene rings is 2. The highest BCUT2D eigenvalue weighted by Gasteiger charge is 2.33. The lowest BCUT2D eigenvalue weighted by molar-refractivity contribution is -0.138. The fourth-order valence-electron chi connectivity index (χ4n) is 2.59. The Morgan fingerprint density at radius 3 is 2.68 bits per heavy atom. The van der Waals surface area contributed by atoms with Crippen molar-refractivity contribution in [2.24, 2.45) is 4.99 Å². The van der Waals surface area contributed by atoms with Crippen LogP contribution in [0.2, 0.25) is 0 Å². The van der Waals surface area contributed by atoms with Gasteiger partial charge in [-0.2, -0.15) is 0 Å². The van der Waals surface area contributed by atoms with Gasteiger partial charge in [-0.15, -0.1) is 0 Å². The van der Waals surface area contributed by atoms with Gasteiger partial charge in [-0.1, -0.05) is 36.0 Å². The van der Waals surface area contributed by atoms with E-state index in [-0.39, 0.29) is 23.7 Å². The molecule has 2 aromatic rings. The summed E-state index contributed by atoms with van der Waals surface area (Å²) in [5, 5.41) is 20.6. The Balaban J connectivity index is 2.07. The van der Waals surface area contributed by atoms with Crippen molar-refractivity contribution < 1.29 is 24.5 Å². The van der Waals surface area contributed by atoms with Gasteiger partial charge in [-0.05, 0) is 42.8 Å². The Morgan fingerprint density at radius 2 is 1.96 bits per heavy atom. The van der Waals surface area contributed by atoms with E-state index in [1.165, 1.54) is 7.11 Å². The molecule has 0 amide bonds. The molecule has 0 aromatic heterocycles. The number of rotatable bonds is 5. The predicted octanol–water partition coefficient (Wildman–Crippen LogP) is 4.59. The van der Waals surface area contributed by atoms with Crippen molar-refractivity contribution >= 4 is 34.5 Å². The van der Waals surface area contributed by atoms with Crippen molar-refractivity contribution in [1.82, 2.24) is 0 Å². The van der Waals surface area contributed by atoms with E-state index in [1.807, 2.05) is 6.07 Å². The molecule has 0 atom stereocenters. The first kappa shape index (κ1) is 19.6. The lowest BCUT2D eigenvalue weighted by atomic mass is 10.1. The summed E-state index contributed by atoms with van der Waals surface area (Å²) in [7, 11) is 1.54. The van der Waals surface area contributed by atoms with Gasteiger partial charge >= 0.3 is 5.97 Å². The molecule has 0 unspecified atom stereocenters. The fraction of sp³-hybridized carbons (Fsp3) is 0.143. The number of aliphatic imine (C=N–C) groups is 1. The molecule has 1 heterocycles. The number of carbonyl (C=O) groups excluding carboxylic acids is 1. The van der Waals surface area contributed by atoms with E-state index in [9.17, 15) is 15.0 Å². The minimum absolute atomic E-state index is 0.00385. The van der Waals surface area contributed by atoms with Crippen molar-refractivity contribution in [2.75, 3.05) is 13.7 Å². The minimum atomic E-state index is -0.652. The Hall–Kier alpha value is -3.19. The largest absolute Gasteiger partial charge is 0.508 e. The van der Waals surface area contributed by atoms with Crippen molar-refractivity contribution in [3.8, 4) is 11.5 Å². The van der Waals surface area contributed by atoms with Crippen molar-refractivity contribution in [3.05, 3.63) is 70.3 Å². The molecule has 2 N–H and O–H groups in total. The molecule has 0 bridgehead atoms. The minimum Gasteiger partial charge on any atom is -0.508 e. The maximum atomic E-state index is 12.4. The number of ether oxygens (including phenoxy) is 2. The molecule has 0 fully saturated rings. The molecule has 0 saturated carbocycles. The summed E-state index contributed by atoms with van der Waals surface area (Å²) in [6, 6.07) is 13.7. The predicted molar refractivity (Wildman–Crippen MR) is 110 cm³/mol. The molecule has 28 heavy (non-hydrogen) atoms. The van der Waals surface area contributed by atoms with E-state index in [0.29, 0.717) is 26.9 Å². The molecule has 3 rings (SSSR count). The summed E-state index contributed by atoms with van der Waals surface area (Å²) in [6.45, 7) is 1.87. The number of thioether (sulfide) groups is 1. The number of aliphatic hydroxyl groups is 1. The standard InChI is InChI=1S/C21H19NO5S/c1-3-27-21(25)18-19(24)17(12-13-7-6-8-14(23)11-13)28-20(18)22-15-9-4-5-10-16(15)26-2/h4-12,23-24H,3H2,1-2H3/b17-12+,22-20?. The first-order chi connectivity index (χ1) is 13.5. The maximum absolute atomic E-state index is 12.4. The molecular weight excluding hydrogens is 378 g/mol. The normalized spacial score (nSPS) is 16.6. The van der Waals surface area contributed by atoms with Crippen LogP contribution in [0.3, 0.4) is 0 Å². The second-order valence-electron chi connectivity index (χ2n) is 5.74. The second-order valence-corrected chi connectivity index (χ2v) is 6.77. The number of phenols is 1. The molecule has 144 valence electrons. The third-order valence-corrected chi connectivity index (χ3v) is 4.87. The van der Waals surface area contributed by atoms with Crippen LogP contribution in [-0.2, 0) is 9.53 Å². The molecule has 0 spiro atoms. The number of aromatic hydroxyl groups is 1. The number of hydrogen-bond donors (Lipinski definition) is 2. The van der Waals surface area contributed by atoms with E-state index >= 15 is 0 Å². The average molecular weight is 397 g/mol. The summed E-state index contributed by atoms with van der Waals surface area (Å²) in [4.78, 5) is 17.4. The van der Waals surface area contributed by atoms with Crippen molar-refractivity contribution in [3.63, 3.8) is 0 Å². The Bertz CT molecular complexity index is 994. The number of aliphatic hydroxyl groups excluding tert-OH is 1. The van der Waals surface area contributed by atoms with Crippen molar-refractivity contribution in [2.45, 2.75) is 6.92 Å². The number of carbonyl (C=O) groups is 1. The molecule has 1 aliphatic rings. The van der Waals surface area contributed by atoms with Crippen LogP contribution in [0.25, 0.3) is 6.08 Å². The summed E-state index contributed by atoms with van der Waals surface area (Å²) in [5.41, 5.74) is 1.21. The number of nitrogens with zero attached hydrogens (tertiary/aromatic N) is 1. The zero-order chi connectivity index (χ0) is 20.1. The molecule has 0 aliphatic carbocycles. The average Bonchev–Trinajstić information content (AvgIpc) is 2.97. The monoisotopic (exact) mass is 397 g/mol. The molecule has 7 heteroatoms. The van der Waals surface area contributed by atoms with Crippen LogP contribution in [0.1, 0.15) is 12.5 Å². The highest BCUT2D eigenvalue weighted by atomic mass is 32.2. The Kier molecular flexibility index (Phi) is 6.06. The highest BCUT2D eigenvalue weighted by Crippen LogP contribution is 2.41. The third-order valence-electron chi connectivity index (χ3n) is 3.85. The second kappa shape index (κ2) is 8.67. The molecular formula is C21H19NO5S. The lowest BCUT2D eigenvalue weighted by Gasteiger charge is -2.06. The first-order valence-corrected chi connectivity index (χ1v) is 9.36. The van der Waals surface area contributed by atoms with Crippen molar-refractivity contribution in [1.29, 1.82) is 0 Å². The summed E-state index contributed by atoms with van der Waals surface area (Å²) in [5.74, 6) is -0.209. The van der Waals surface area contributed by atoms with E-state index < -0.39 is 5.97 Å². The van der Waals surface area contributed by atoms with Crippen LogP contribution in [0.5, 0.6) is 11.5 Å². The lowest BCUT2D eigenvalue weighted by Crippen LogP contribution is -2.12. The Labute approximate surface area is 166 Å². The number of phenolic OH excluding ortho intramolecular Hbond substituents is 1. The van der Waals surface area contributed by atoms with Gasteiger partial charge < -0.3 is 19.7 Å². The first-order valence-electron chi connectivity index (χ1n) is 8.55. The van der Waals surface area contributed by atoms with Crippen LogP contribution >= 0.6 is 11.8 Å². The van der Waals surface area contributed by atoms with Crippen LogP contribution in [-0.4, -0.2) is 34.9 Å². The number of esters is 1. The molecule has 6 nitrogen and oxygen atoms in total. The van der Waals surface area contributed by atoms with E-state index in [1.54, 1.807) is 55.5 Å². The zero-order valence-corrected chi connectivity index (χ0v) is 16.2. The highest BCUT2D eigenvalue weighted by molar-refractivity contribution is 8.18. The van der Waals surface area contributed by atoms with Gasteiger partial charge in [0.25, 0.3) is 0 Å². The van der Waals surface area contributed by atoms with Gasteiger partial charge in [0.1, 0.15) is 33.6 Å². The van der Waals surface area contributed by atoms with Crippen LogP contribution in [0.15, 0.2) is 69.8 Å².